The summed E-state index contributed by atoms with van der Waals surface area (Å²) in [6.07, 6.45) is 5.17. The molecule has 3 heterocycles. The van der Waals surface area contributed by atoms with Gasteiger partial charge in [-0.05, 0) is 31.4 Å². The van der Waals surface area contributed by atoms with Crippen LogP contribution in [0.2, 0.25) is 0 Å². The molecular weight excluding hydrogens is 271 g/mol. The van der Waals surface area contributed by atoms with E-state index in [9.17, 15) is 9.50 Å². The standard InChI is InChI=1S/C15H17FN4O/c1-11-2-3-13(17-8-11)15(21)4-6-20(7-5-15)14-18-9-12(16)10-19-14/h2-3,8-10,21H,4-7H2,1H3. The molecule has 0 aliphatic carbocycles. The van der Waals surface area contributed by atoms with Crippen molar-refractivity contribution in [2.75, 3.05) is 18.0 Å². The summed E-state index contributed by atoms with van der Waals surface area (Å²) in [5.41, 5.74) is 0.858. The molecule has 6 heteroatoms. The molecule has 0 atom stereocenters. The lowest BCUT2D eigenvalue weighted by atomic mass is 9.87. The number of aromatic nitrogens is 3. The van der Waals surface area contributed by atoms with Crippen LogP contribution in [0.1, 0.15) is 24.1 Å². The van der Waals surface area contributed by atoms with E-state index in [0.717, 1.165) is 18.0 Å². The molecule has 0 amide bonds. The third-order valence-electron chi connectivity index (χ3n) is 3.87. The van der Waals surface area contributed by atoms with E-state index in [2.05, 4.69) is 15.0 Å². The predicted molar refractivity (Wildman–Crippen MR) is 76.3 cm³/mol. The van der Waals surface area contributed by atoms with Gasteiger partial charge in [-0.15, -0.1) is 0 Å². The highest BCUT2D eigenvalue weighted by Gasteiger charge is 2.35. The first-order valence-electron chi connectivity index (χ1n) is 6.95. The van der Waals surface area contributed by atoms with Crippen molar-refractivity contribution in [3.05, 3.63) is 47.8 Å². The zero-order valence-corrected chi connectivity index (χ0v) is 11.8. The minimum Gasteiger partial charge on any atom is -0.383 e. The minimum atomic E-state index is -0.912. The SMILES string of the molecule is Cc1ccc(C2(O)CCN(c3ncc(F)cn3)CC2)nc1. The van der Waals surface area contributed by atoms with Crippen LogP contribution < -0.4 is 4.90 Å². The average molecular weight is 288 g/mol. The summed E-state index contributed by atoms with van der Waals surface area (Å²) < 4.78 is 12.8. The van der Waals surface area contributed by atoms with Crippen LogP contribution in [-0.2, 0) is 5.60 Å². The van der Waals surface area contributed by atoms with Gasteiger partial charge in [0.05, 0.1) is 18.1 Å². The summed E-state index contributed by atoms with van der Waals surface area (Å²) in [4.78, 5) is 14.2. The van der Waals surface area contributed by atoms with E-state index in [1.54, 1.807) is 6.20 Å². The molecule has 1 aliphatic rings. The third-order valence-corrected chi connectivity index (χ3v) is 3.87. The molecule has 0 bridgehead atoms. The average Bonchev–Trinajstić information content (AvgIpc) is 2.50. The summed E-state index contributed by atoms with van der Waals surface area (Å²) in [6, 6.07) is 3.83. The molecule has 0 saturated carbocycles. The van der Waals surface area contributed by atoms with Crippen molar-refractivity contribution in [3.8, 4) is 0 Å². The zero-order valence-electron chi connectivity index (χ0n) is 11.8. The fourth-order valence-electron chi connectivity index (χ4n) is 2.54. The Morgan fingerprint density at radius 3 is 2.33 bits per heavy atom. The second-order valence-corrected chi connectivity index (χ2v) is 5.44. The predicted octanol–water partition coefficient (Wildman–Crippen LogP) is 1.81. The lowest BCUT2D eigenvalue weighted by Gasteiger charge is -2.37. The first-order valence-corrected chi connectivity index (χ1v) is 6.95. The maximum atomic E-state index is 12.8. The van der Waals surface area contributed by atoms with Gasteiger partial charge in [0.2, 0.25) is 5.95 Å². The highest BCUT2D eigenvalue weighted by molar-refractivity contribution is 5.31. The lowest BCUT2D eigenvalue weighted by molar-refractivity contribution is 0.00735. The van der Waals surface area contributed by atoms with Gasteiger partial charge in [0, 0.05) is 19.3 Å². The smallest absolute Gasteiger partial charge is 0.225 e. The van der Waals surface area contributed by atoms with E-state index in [1.807, 2.05) is 24.0 Å². The number of aliphatic hydroxyl groups is 1. The second-order valence-electron chi connectivity index (χ2n) is 5.44. The van der Waals surface area contributed by atoms with E-state index in [-0.39, 0.29) is 0 Å². The van der Waals surface area contributed by atoms with Crippen molar-refractivity contribution in [1.82, 2.24) is 15.0 Å². The Kier molecular flexibility index (Phi) is 3.55. The van der Waals surface area contributed by atoms with Crippen LogP contribution in [0.4, 0.5) is 10.3 Å². The molecule has 3 rings (SSSR count). The van der Waals surface area contributed by atoms with Crippen molar-refractivity contribution in [3.63, 3.8) is 0 Å². The summed E-state index contributed by atoms with van der Waals surface area (Å²) in [7, 11) is 0. The molecule has 0 unspecified atom stereocenters. The van der Waals surface area contributed by atoms with Gasteiger partial charge in [-0.3, -0.25) is 4.98 Å². The first kappa shape index (κ1) is 13.9. The Bertz CT molecular complexity index is 607. The van der Waals surface area contributed by atoms with Crippen LogP contribution in [-0.4, -0.2) is 33.1 Å². The van der Waals surface area contributed by atoms with Crippen LogP contribution in [0, 0.1) is 12.7 Å². The van der Waals surface area contributed by atoms with Crippen LogP contribution in [0.5, 0.6) is 0 Å². The number of anilines is 1. The van der Waals surface area contributed by atoms with E-state index in [0.29, 0.717) is 37.6 Å². The number of hydrogen-bond donors (Lipinski definition) is 1. The van der Waals surface area contributed by atoms with Gasteiger partial charge >= 0.3 is 0 Å². The molecule has 1 saturated heterocycles. The van der Waals surface area contributed by atoms with Crippen LogP contribution in [0.3, 0.4) is 0 Å². The van der Waals surface area contributed by atoms with Gasteiger partial charge in [0.1, 0.15) is 5.60 Å². The highest BCUT2D eigenvalue weighted by Crippen LogP contribution is 2.32. The van der Waals surface area contributed by atoms with Gasteiger partial charge in [-0.25, -0.2) is 14.4 Å². The number of aryl methyl sites for hydroxylation is 1. The third kappa shape index (κ3) is 2.85. The molecular formula is C15H17FN4O. The summed E-state index contributed by atoms with van der Waals surface area (Å²) in [5, 5.41) is 10.8. The molecule has 110 valence electrons. The van der Waals surface area contributed by atoms with Crippen molar-refractivity contribution in [2.45, 2.75) is 25.4 Å². The van der Waals surface area contributed by atoms with Crippen LogP contribution in [0.25, 0.3) is 0 Å². The number of pyridine rings is 1. The van der Waals surface area contributed by atoms with E-state index in [4.69, 9.17) is 0 Å². The number of hydrogen-bond acceptors (Lipinski definition) is 5. The van der Waals surface area contributed by atoms with Gasteiger partial charge < -0.3 is 10.0 Å². The monoisotopic (exact) mass is 288 g/mol. The number of halogens is 1. The molecule has 2 aromatic heterocycles. The topological polar surface area (TPSA) is 62.1 Å². The van der Waals surface area contributed by atoms with E-state index >= 15 is 0 Å². The molecule has 2 aromatic rings. The van der Waals surface area contributed by atoms with Crippen LogP contribution >= 0.6 is 0 Å². The van der Waals surface area contributed by atoms with Crippen molar-refractivity contribution < 1.29 is 9.50 Å². The fraction of sp³-hybridized carbons (Fsp3) is 0.400. The Morgan fingerprint density at radius 2 is 1.76 bits per heavy atom. The Morgan fingerprint density at radius 1 is 1.10 bits per heavy atom. The van der Waals surface area contributed by atoms with Gasteiger partial charge in [-0.1, -0.05) is 6.07 Å². The fourth-order valence-corrected chi connectivity index (χ4v) is 2.54. The first-order chi connectivity index (χ1) is 10.1. The molecule has 1 fully saturated rings. The highest BCUT2D eigenvalue weighted by atomic mass is 19.1. The minimum absolute atomic E-state index is 0.448. The largest absolute Gasteiger partial charge is 0.383 e. The van der Waals surface area contributed by atoms with Crippen LogP contribution in [0.15, 0.2) is 30.7 Å². The van der Waals surface area contributed by atoms with Gasteiger partial charge in [0.25, 0.3) is 0 Å². The maximum absolute atomic E-state index is 12.8. The summed E-state index contributed by atoms with van der Waals surface area (Å²) in [5.74, 6) is 0.0476. The lowest BCUT2D eigenvalue weighted by Crippen LogP contribution is -2.43. The summed E-state index contributed by atoms with van der Waals surface area (Å²) >= 11 is 0. The second kappa shape index (κ2) is 5.37. The Labute approximate surface area is 122 Å². The maximum Gasteiger partial charge on any atom is 0.225 e. The van der Waals surface area contributed by atoms with Gasteiger partial charge in [0.15, 0.2) is 5.82 Å². The van der Waals surface area contributed by atoms with Crippen molar-refractivity contribution in [2.24, 2.45) is 0 Å². The molecule has 0 spiro atoms. The Hall–Kier alpha value is -2.08. The number of nitrogens with zero attached hydrogens (tertiary/aromatic N) is 4. The van der Waals surface area contributed by atoms with Crippen molar-refractivity contribution >= 4 is 5.95 Å². The molecule has 1 aliphatic heterocycles. The quantitative estimate of drug-likeness (QED) is 0.913. The molecule has 21 heavy (non-hydrogen) atoms. The Balaban J connectivity index is 1.72. The zero-order chi connectivity index (χ0) is 14.9. The number of piperidine rings is 1. The normalized spacial score (nSPS) is 17.8. The number of rotatable bonds is 2. The van der Waals surface area contributed by atoms with Gasteiger partial charge in [-0.2, -0.15) is 0 Å². The van der Waals surface area contributed by atoms with E-state index < -0.39 is 11.4 Å². The molecule has 1 N–H and O–H groups in total. The molecule has 0 radical (unpaired) electrons. The van der Waals surface area contributed by atoms with Crippen molar-refractivity contribution in [1.29, 1.82) is 0 Å². The molecule has 0 aromatic carbocycles. The van der Waals surface area contributed by atoms with E-state index in [1.165, 1.54) is 0 Å². The summed E-state index contributed by atoms with van der Waals surface area (Å²) in [6.45, 7) is 3.19. The molecule has 5 nitrogen and oxygen atoms in total.